The molecule has 5 rings (SSSR count). The van der Waals surface area contributed by atoms with Crippen LogP contribution < -0.4 is 9.64 Å². The van der Waals surface area contributed by atoms with Gasteiger partial charge in [-0.25, -0.2) is 4.98 Å². The average molecular weight is 379 g/mol. The largest absolute Gasteiger partial charge is 0.488 e. The summed E-state index contributed by atoms with van der Waals surface area (Å²) in [6.07, 6.45) is 2.45. The molecule has 3 aliphatic rings. The minimum Gasteiger partial charge on any atom is -0.488 e. The molecule has 0 unspecified atom stereocenters. The van der Waals surface area contributed by atoms with Crippen molar-refractivity contribution in [2.45, 2.75) is 57.1 Å². The SMILES string of the molecule is C[C@H]1[C@H](O)[C@@H](O)CN1c1cc(C2=NCc3ccc(OC4(C)CC4)cc32)ccn1. The van der Waals surface area contributed by atoms with Crippen LogP contribution in [0.1, 0.15) is 43.4 Å². The molecule has 1 saturated carbocycles. The molecule has 6 heteroatoms. The van der Waals surface area contributed by atoms with Crippen LogP contribution in [0.2, 0.25) is 0 Å². The van der Waals surface area contributed by atoms with Crippen molar-refractivity contribution < 1.29 is 14.9 Å². The van der Waals surface area contributed by atoms with Crippen LogP contribution in [0.3, 0.4) is 0 Å². The summed E-state index contributed by atoms with van der Waals surface area (Å²) in [5, 5.41) is 20.1. The number of hydrogen-bond acceptors (Lipinski definition) is 6. The summed E-state index contributed by atoms with van der Waals surface area (Å²) in [7, 11) is 0. The summed E-state index contributed by atoms with van der Waals surface area (Å²) in [4.78, 5) is 11.2. The van der Waals surface area contributed by atoms with Gasteiger partial charge in [-0.2, -0.15) is 0 Å². The highest BCUT2D eigenvalue weighted by atomic mass is 16.5. The summed E-state index contributed by atoms with van der Waals surface area (Å²) >= 11 is 0. The highest BCUT2D eigenvalue weighted by molar-refractivity contribution is 6.15. The Morgan fingerprint density at radius 1 is 1.18 bits per heavy atom. The van der Waals surface area contributed by atoms with Gasteiger partial charge in [0.15, 0.2) is 0 Å². The van der Waals surface area contributed by atoms with Crippen molar-refractivity contribution in [2.75, 3.05) is 11.4 Å². The number of aliphatic hydroxyl groups excluding tert-OH is 2. The predicted molar refractivity (Wildman–Crippen MR) is 107 cm³/mol. The first-order valence-corrected chi connectivity index (χ1v) is 9.89. The van der Waals surface area contributed by atoms with Gasteiger partial charge in [0.1, 0.15) is 23.3 Å². The topological polar surface area (TPSA) is 78.2 Å². The smallest absolute Gasteiger partial charge is 0.129 e. The van der Waals surface area contributed by atoms with Crippen molar-refractivity contribution in [3.05, 3.63) is 53.2 Å². The number of hydrogen-bond donors (Lipinski definition) is 2. The fourth-order valence-corrected chi connectivity index (χ4v) is 4.04. The molecule has 1 saturated heterocycles. The van der Waals surface area contributed by atoms with Gasteiger partial charge < -0.3 is 19.8 Å². The Kier molecular flexibility index (Phi) is 3.96. The summed E-state index contributed by atoms with van der Waals surface area (Å²) in [6.45, 7) is 5.08. The Bertz CT molecular complexity index is 954. The molecule has 1 aromatic heterocycles. The predicted octanol–water partition coefficient (Wildman–Crippen LogP) is 2.29. The number of rotatable bonds is 4. The van der Waals surface area contributed by atoms with E-state index in [9.17, 15) is 10.2 Å². The molecule has 28 heavy (non-hydrogen) atoms. The molecule has 3 atom stereocenters. The van der Waals surface area contributed by atoms with E-state index < -0.39 is 12.2 Å². The average Bonchev–Trinajstić information content (AvgIpc) is 3.17. The Hall–Kier alpha value is -2.44. The number of aromatic nitrogens is 1. The van der Waals surface area contributed by atoms with E-state index in [1.807, 2.05) is 30.0 Å². The van der Waals surface area contributed by atoms with Gasteiger partial charge in [-0.3, -0.25) is 4.99 Å². The summed E-state index contributed by atoms with van der Waals surface area (Å²) in [5.74, 6) is 1.64. The zero-order valence-corrected chi connectivity index (χ0v) is 16.2. The normalized spacial score (nSPS) is 27.5. The van der Waals surface area contributed by atoms with E-state index in [0.29, 0.717) is 13.1 Å². The Labute approximate surface area is 164 Å². The maximum Gasteiger partial charge on any atom is 0.129 e. The fourth-order valence-electron chi connectivity index (χ4n) is 4.04. The van der Waals surface area contributed by atoms with Crippen molar-refractivity contribution in [3.8, 4) is 5.75 Å². The third-order valence-corrected chi connectivity index (χ3v) is 6.14. The summed E-state index contributed by atoms with van der Waals surface area (Å²) in [5.41, 5.74) is 4.22. The number of aliphatic hydroxyl groups is 2. The van der Waals surface area contributed by atoms with Crippen LogP contribution in [0.15, 0.2) is 41.5 Å². The van der Waals surface area contributed by atoms with Gasteiger partial charge in [-0.05, 0) is 56.5 Å². The molecule has 2 N–H and O–H groups in total. The van der Waals surface area contributed by atoms with Gasteiger partial charge in [-0.1, -0.05) is 6.07 Å². The van der Waals surface area contributed by atoms with Gasteiger partial charge in [0.25, 0.3) is 0 Å². The van der Waals surface area contributed by atoms with E-state index >= 15 is 0 Å². The Morgan fingerprint density at radius 2 is 2.00 bits per heavy atom. The number of β-amino-alcohol motifs (C(OH)–C–C–N with tert-alkyl or cyclic N) is 1. The van der Waals surface area contributed by atoms with E-state index in [4.69, 9.17) is 9.73 Å². The molecule has 3 heterocycles. The van der Waals surface area contributed by atoms with Crippen LogP contribution in [0, 0.1) is 0 Å². The minimum atomic E-state index is -0.765. The second kappa shape index (κ2) is 6.29. The van der Waals surface area contributed by atoms with E-state index in [0.717, 1.165) is 41.2 Å². The van der Waals surface area contributed by atoms with Gasteiger partial charge >= 0.3 is 0 Å². The van der Waals surface area contributed by atoms with Crippen LogP contribution in [0.5, 0.6) is 5.75 Å². The molecule has 0 bridgehead atoms. The van der Waals surface area contributed by atoms with Crippen molar-refractivity contribution in [2.24, 2.45) is 4.99 Å². The second-order valence-electron chi connectivity index (χ2n) is 8.39. The number of aliphatic imine (C=N–C) groups is 1. The van der Waals surface area contributed by atoms with Gasteiger partial charge in [0.05, 0.1) is 24.4 Å². The molecule has 1 aromatic carbocycles. The minimum absolute atomic E-state index is 0.0124. The highest BCUT2D eigenvalue weighted by Crippen LogP contribution is 2.40. The second-order valence-corrected chi connectivity index (χ2v) is 8.39. The van der Waals surface area contributed by atoms with Crippen LogP contribution >= 0.6 is 0 Å². The quantitative estimate of drug-likeness (QED) is 0.852. The van der Waals surface area contributed by atoms with Gasteiger partial charge in [-0.15, -0.1) is 0 Å². The lowest BCUT2D eigenvalue weighted by atomic mass is 10.0. The number of anilines is 1. The molecule has 2 aromatic rings. The van der Waals surface area contributed by atoms with Crippen molar-refractivity contribution in [1.82, 2.24) is 4.98 Å². The molecular weight excluding hydrogens is 354 g/mol. The number of benzene rings is 1. The fraction of sp³-hybridized carbons (Fsp3) is 0.455. The third kappa shape index (κ3) is 2.97. The van der Waals surface area contributed by atoms with Crippen LogP contribution in [-0.4, -0.2) is 51.3 Å². The van der Waals surface area contributed by atoms with Crippen molar-refractivity contribution >= 4 is 11.5 Å². The molecule has 6 nitrogen and oxygen atoms in total. The summed E-state index contributed by atoms with van der Waals surface area (Å²) < 4.78 is 6.13. The van der Waals surface area contributed by atoms with Crippen LogP contribution in [0.25, 0.3) is 0 Å². The zero-order valence-electron chi connectivity index (χ0n) is 16.2. The lowest BCUT2D eigenvalue weighted by molar-refractivity contribution is 0.0438. The maximum atomic E-state index is 10.1. The molecule has 0 radical (unpaired) electrons. The molecule has 1 aliphatic carbocycles. The van der Waals surface area contributed by atoms with Crippen molar-refractivity contribution in [3.63, 3.8) is 0 Å². The lowest BCUT2D eigenvalue weighted by Gasteiger charge is -2.23. The standard InChI is InChI=1S/C22H25N3O3/c1-13-21(27)18(26)12-25(13)19-9-14(5-8-23-19)20-17-10-16(28-22(2)6-7-22)4-3-15(17)11-24-20/h3-5,8-10,13,18,21,26-27H,6-7,11-12H2,1-2H3/t13-,18-,21-/m0/s1. The van der Waals surface area contributed by atoms with E-state index in [-0.39, 0.29) is 11.6 Å². The molecule has 0 spiro atoms. The van der Waals surface area contributed by atoms with Gasteiger partial charge in [0, 0.05) is 23.9 Å². The van der Waals surface area contributed by atoms with E-state index in [1.165, 1.54) is 5.56 Å². The molecule has 2 aliphatic heterocycles. The van der Waals surface area contributed by atoms with E-state index in [2.05, 4.69) is 24.0 Å². The third-order valence-electron chi connectivity index (χ3n) is 6.14. The molecule has 2 fully saturated rings. The molecular formula is C22H25N3O3. The summed E-state index contributed by atoms with van der Waals surface area (Å²) in [6, 6.07) is 10.00. The van der Waals surface area contributed by atoms with Crippen LogP contribution in [0.4, 0.5) is 5.82 Å². The van der Waals surface area contributed by atoms with Crippen LogP contribution in [-0.2, 0) is 6.54 Å². The molecule has 146 valence electrons. The maximum absolute atomic E-state index is 10.1. The first-order chi connectivity index (χ1) is 13.4. The number of fused-ring (bicyclic) bond motifs is 1. The Morgan fingerprint density at radius 3 is 2.71 bits per heavy atom. The highest BCUT2D eigenvalue weighted by Gasteiger charge is 2.40. The number of ether oxygens (including phenoxy) is 1. The first kappa shape index (κ1) is 17.6. The van der Waals surface area contributed by atoms with E-state index in [1.54, 1.807) is 6.20 Å². The monoisotopic (exact) mass is 379 g/mol. The van der Waals surface area contributed by atoms with Crippen molar-refractivity contribution in [1.29, 1.82) is 0 Å². The number of pyridine rings is 1. The zero-order chi connectivity index (χ0) is 19.5. The van der Waals surface area contributed by atoms with Gasteiger partial charge in [0.2, 0.25) is 0 Å². The number of nitrogens with zero attached hydrogens (tertiary/aromatic N) is 3. The molecule has 0 amide bonds. The first-order valence-electron chi connectivity index (χ1n) is 9.89. The Balaban J connectivity index is 1.45. The lowest BCUT2D eigenvalue weighted by Crippen LogP contribution is -2.33.